The molecule has 4 rings (SSSR count). The number of benzene rings is 2. The number of thiophene rings is 1. The van der Waals surface area contributed by atoms with Crippen molar-refractivity contribution in [3.8, 4) is 0 Å². The van der Waals surface area contributed by atoms with Gasteiger partial charge in [0.2, 0.25) is 0 Å². The monoisotopic (exact) mass is 500 g/mol. The maximum Gasteiger partial charge on any atom is 0.327 e. The van der Waals surface area contributed by atoms with E-state index in [0.29, 0.717) is 10.6 Å². The molecule has 34 heavy (non-hydrogen) atoms. The maximum atomic E-state index is 12.3. The van der Waals surface area contributed by atoms with Crippen molar-refractivity contribution in [2.45, 2.75) is 19.0 Å². The Kier molecular flexibility index (Phi) is 9.21. The molecule has 1 amide bonds. The Morgan fingerprint density at radius 1 is 1.12 bits per heavy atom. The van der Waals surface area contributed by atoms with Gasteiger partial charge in [0.1, 0.15) is 12.6 Å². The highest BCUT2D eigenvalue weighted by Crippen LogP contribution is 2.33. The van der Waals surface area contributed by atoms with Crippen LogP contribution in [0.1, 0.15) is 32.4 Å². The number of ether oxygens (including phenoxy) is 1. The van der Waals surface area contributed by atoms with Crippen LogP contribution in [-0.2, 0) is 27.3 Å². The van der Waals surface area contributed by atoms with Crippen LogP contribution in [0.25, 0.3) is 0 Å². The summed E-state index contributed by atoms with van der Waals surface area (Å²) < 4.78 is 5.01. The summed E-state index contributed by atoms with van der Waals surface area (Å²) in [6.45, 7) is 1.23. The first-order chi connectivity index (χ1) is 16.4. The normalized spacial score (nSPS) is 13.6. The van der Waals surface area contributed by atoms with Gasteiger partial charge in [-0.3, -0.25) is 14.5 Å². The van der Waals surface area contributed by atoms with Gasteiger partial charge in [-0.1, -0.05) is 48.0 Å². The van der Waals surface area contributed by atoms with E-state index in [1.54, 1.807) is 41.7 Å². The van der Waals surface area contributed by atoms with Crippen molar-refractivity contribution in [2.75, 3.05) is 20.2 Å². The van der Waals surface area contributed by atoms with Gasteiger partial charge in [-0.25, -0.2) is 4.79 Å². The number of hydrogen-bond acceptors (Lipinski definition) is 6. The lowest BCUT2D eigenvalue weighted by Gasteiger charge is -2.33. The second-order valence-electron chi connectivity index (χ2n) is 7.48. The van der Waals surface area contributed by atoms with Crippen LogP contribution in [0.5, 0.6) is 0 Å². The van der Waals surface area contributed by atoms with E-state index in [-0.39, 0.29) is 18.4 Å². The quantitative estimate of drug-likeness (QED) is 0.493. The number of halogens is 1. The highest BCUT2D eigenvalue weighted by atomic mass is 35.5. The van der Waals surface area contributed by atoms with Crippen LogP contribution in [0, 0.1) is 0 Å². The smallest absolute Gasteiger partial charge is 0.327 e. The fourth-order valence-corrected chi connectivity index (χ4v) is 4.75. The van der Waals surface area contributed by atoms with E-state index in [9.17, 15) is 14.4 Å². The molecule has 0 fully saturated rings. The van der Waals surface area contributed by atoms with E-state index >= 15 is 0 Å². The second-order valence-corrected chi connectivity index (χ2v) is 8.89. The van der Waals surface area contributed by atoms with E-state index < -0.39 is 12.0 Å². The summed E-state index contributed by atoms with van der Waals surface area (Å²) in [5.41, 5.74) is 2.57. The molecule has 0 saturated carbocycles. The summed E-state index contributed by atoms with van der Waals surface area (Å²) in [4.78, 5) is 37.1. The van der Waals surface area contributed by atoms with Crippen molar-refractivity contribution in [1.82, 2.24) is 10.2 Å². The number of hydrogen-bond donors (Lipinski definition) is 2. The van der Waals surface area contributed by atoms with Crippen LogP contribution in [0.2, 0.25) is 5.02 Å². The van der Waals surface area contributed by atoms with Gasteiger partial charge in [-0.05, 0) is 47.2 Å². The standard InChI is InChI=1S/C16H16ClNO2S.C9H9NO3/c1-20-16(19)15(12-4-2-3-5-13(12)17)18-8-6-14-11(10-18)7-9-21-14;11-8(12)6-10-9(13)7-4-2-1-3-5-7/h2-5,7,9,15H,6,8,10H2,1H3;1-5H,6H2,(H,10,13)(H,11,12)/t15-;/m1./s1. The molecule has 0 spiro atoms. The number of nitrogens with one attached hydrogen (secondary N) is 1. The third kappa shape index (κ3) is 6.66. The van der Waals surface area contributed by atoms with Gasteiger partial charge in [-0.2, -0.15) is 0 Å². The maximum absolute atomic E-state index is 12.3. The number of nitrogens with zero attached hydrogens (tertiary/aromatic N) is 1. The molecule has 178 valence electrons. The summed E-state index contributed by atoms with van der Waals surface area (Å²) in [5, 5.41) is 13.3. The van der Waals surface area contributed by atoms with Crippen molar-refractivity contribution in [2.24, 2.45) is 0 Å². The molecule has 0 radical (unpaired) electrons. The van der Waals surface area contributed by atoms with Crippen molar-refractivity contribution < 1.29 is 24.2 Å². The van der Waals surface area contributed by atoms with Crippen LogP contribution in [0.15, 0.2) is 66.0 Å². The molecule has 9 heteroatoms. The highest BCUT2D eigenvalue weighted by Gasteiger charge is 2.32. The second kappa shape index (κ2) is 12.3. The molecule has 1 aliphatic rings. The zero-order valence-electron chi connectivity index (χ0n) is 18.6. The van der Waals surface area contributed by atoms with Crippen LogP contribution >= 0.6 is 22.9 Å². The Balaban J connectivity index is 0.000000215. The van der Waals surface area contributed by atoms with Gasteiger partial charge in [0.05, 0.1) is 7.11 Å². The molecule has 1 aromatic heterocycles. The van der Waals surface area contributed by atoms with Gasteiger partial charge in [-0.15, -0.1) is 11.3 Å². The van der Waals surface area contributed by atoms with Crippen LogP contribution < -0.4 is 5.32 Å². The van der Waals surface area contributed by atoms with Crippen LogP contribution in [0.4, 0.5) is 0 Å². The lowest BCUT2D eigenvalue weighted by molar-refractivity contribution is -0.147. The first-order valence-electron chi connectivity index (χ1n) is 10.6. The lowest BCUT2D eigenvalue weighted by Crippen LogP contribution is -2.38. The zero-order valence-corrected chi connectivity index (χ0v) is 20.1. The largest absolute Gasteiger partial charge is 0.480 e. The number of carbonyl (C=O) groups excluding carboxylic acids is 2. The molecular formula is C25H25ClN2O5S. The number of aliphatic carboxylic acids is 1. The SMILES string of the molecule is COC(=O)[C@@H](c1ccccc1Cl)N1CCc2sccc2C1.O=C(O)CNC(=O)c1ccccc1. The minimum Gasteiger partial charge on any atom is -0.480 e. The molecule has 0 saturated heterocycles. The fraction of sp³-hybridized carbons (Fsp3) is 0.240. The first kappa shape index (κ1) is 25.4. The highest BCUT2D eigenvalue weighted by molar-refractivity contribution is 7.10. The summed E-state index contributed by atoms with van der Waals surface area (Å²) in [7, 11) is 1.42. The Labute approximate surface area is 206 Å². The van der Waals surface area contributed by atoms with Gasteiger partial charge in [0.15, 0.2) is 0 Å². The van der Waals surface area contributed by atoms with Crippen molar-refractivity contribution in [3.63, 3.8) is 0 Å². The Bertz CT molecular complexity index is 1140. The molecule has 0 bridgehead atoms. The Morgan fingerprint density at radius 2 is 1.82 bits per heavy atom. The Hall–Kier alpha value is -3.20. The van der Waals surface area contributed by atoms with Gasteiger partial charge < -0.3 is 15.2 Å². The number of rotatable bonds is 6. The number of carboxylic acid groups (broad SMARTS) is 1. The lowest BCUT2D eigenvalue weighted by atomic mass is 10.0. The number of amides is 1. The average molecular weight is 501 g/mol. The summed E-state index contributed by atoms with van der Waals surface area (Å²) >= 11 is 8.07. The van der Waals surface area contributed by atoms with Crippen LogP contribution in [-0.4, -0.2) is 48.1 Å². The zero-order chi connectivity index (χ0) is 24.5. The van der Waals surface area contributed by atoms with Gasteiger partial charge in [0.25, 0.3) is 5.91 Å². The molecule has 2 N–H and O–H groups in total. The molecule has 2 heterocycles. The average Bonchev–Trinajstić information content (AvgIpc) is 3.33. The predicted octanol–water partition coefficient (Wildman–Crippen LogP) is 4.17. The van der Waals surface area contributed by atoms with Crippen LogP contribution in [0.3, 0.4) is 0 Å². The van der Waals surface area contributed by atoms with E-state index in [2.05, 4.69) is 21.7 Å². The van der Waals surface area contributed by atoms with Gasteiger partial charge in [0, 0.05) is 28.6 Å². The van der Waals surface area contributed by atoms with Crippen molar-refractivity contribution in [3.05, 3.63) is 92.6 Å². The summed E-state index contributed by atoms with van der Waals surface area (Å²) in [6, 6.07) is 17.6. The minimum atomic E-state index is -1.05. The number of esters is 1. The topological polar surface area (TPSA) is 95.9 Å². The minimum absolute atomic E-state index is 0.262. The molecule has 3 aromatic rings. The third-order valence-corrected chi connectivity index (χ3v) is 6.63. The number of fused-ring (bicyclic) bond motifs is 1. The van der Waals surface area contributed by atoms with E-state index in [4.69, 9.17) is 21.4 Å². The third-order valence-electron chi connectivity index (χ3n) is 5.26. The predicted molar refractivity (Wildman–Crippen MR) is 131 cm³/mol. The molecule has 2 aromatic carbocycles. The first-order valence-corrected chi connectivity index (χ1v) is 11.8. The fourth-order valence-electron chi connectivity index (χ4n) is 3.62. The summed E-state index contributed by atoms with van der Waals surface area (Å²) in [5.74, 6) is -1.69. The van der Waals surface area contributed by atoms with Crippen molar-refractivity contribution in [1.29, 1.82) is 0 Å². The van der Waals surface area contributed by atoms with E-state index in [1.165, 1.54) is 17.6 Å². The molecular weight excluding hydrogens is 476 g/mol. The number of methoxy groups -OCH3 is 1. The Morgan fingerprint density at radius 3 is 2.50 bits per heavy atom. The van der Waals surface area contributed by atoms with Crippen molar-refractivity contribution >= 4 is 40.8 Å². The van der Waals surface area contributed by atoms with Gasteiger partial charge >= 0.3 is 11.9 Å². The molecule has 1 aliphatic heterocycles. The van der Waals surface area contributed by atoms with E-state index in [0.717, 1.165) is 25.1 Å². The summed E-state index contributed by atoms with van der Waals surface area (Å²) in [6.07, 6.45) is 0.963. The number of carboxylic acids is 1. The number of carbonyl (C=O) groups is 3. The molecule has 0 unspecified atom stereocenters. The molecule has 7 nitrogen and oxygen atoms in total. The molecule has 0 aliphatic carbocycles. The van der Waals surface area contributed by atoms with E-state index in [1.807, 2.05) is 24.3 Å². The molecule has 1 atom stereocenters.